The molecule has 2 aliphatic rings. The molecule has 0 aromatic heterocycles. The molecule has 0 spiro atoms. The highest BCUT2D eigenvalue weighted by atomic mass is 16.5. The molecule has 1 aliphatic carbocycles. The largest absolute Gasteiger partial charge is 0.380 e. The van der Waals surface area contributed by atoms with Gasteiger partial charge >= 0.3 is 0 Å². The molecule has 1 aliphatic heterocycles. The van der Waals surface area contributed by atoms with Crippen molar-refractivity contribution >= 4 is 0 Å². The van der Waals surface area contributed by atoms with E-state index in [1.165, 1.54) is 19.3 Å². The molecule has 0 N–H and O–H groups in total. The van der Waals surface area contributed by atoms with Crippen LogP contribution in [-0.2, 0) is 4.74 Å². The highest BCUT2D eigenvalue weighted by molar-refractivity contribution is 5.24. The van der Waals surface area contributed by atoms with Crippen LogP contribution in [0.3, 0.4) is 0 Å². The normalized spacial score (nSPS) is 34.5. The predicted octanol–water partition coefficient (Wildman–Crippen LogP) is 3.41. The van der Waals surface area contributed by atoms with Gasteiger partial charge in [0.05, 0.1) is 13.2 Å². The van der Waals surface area contributed by atoms with Gasteiger partial charge in [-0.3, -0.25) is 0 Å². The topological polar surface area (TPSA) is 9.23 Å². The van der Waals surface area contributed by atoms with E-state index in [-0.39, 0.29) is 0 Å². The summed E-state index contributed by atoms with van der Waals surface area (Å²) < 4.78 is 5.32. The van der Waals surface area contributed by atoms with Crippen LogP contribution in [0, 0.1) is 17.8 Å². The van der Waals surface area contributed by atoms with E-state index in [1.807, 2.05) is 0 Å². The van der Waals surface area contributed by atoms with E-state index >= 15 is 0 Å². The molecule has 1 nitrogen and oxygen atoms in total. The molecule has 0 radical (unpaired) electrons. The van der Waals surface area contributed by atoms with E-state index < -0.39 is 0 Å². The Balaban J connectivity index is 2.20. The van der Waals surface area contributed by atoms with E-state index in [0.717, 1.165) is 31.0 Å². The van der Waals surface area contributed by atoms with E-state index in [1.54, 1.807) is 11.1 Å². The summed E-state index contributed by atoms with van der Waals surface area (Å²) in [4.78, 5) is 0. The van der Waals surface area contributed by atoms with E-state index in [9.17, 15) is 0 Å². The van der Waals surface area contributed by atoms with Gasteiger partial charge in [-0.25, -0.2) is 0 Å². The minimum Gasteiger partial charge on any atom is -0.380 e. The van der Waals surface area contributed by atoms with Crippen molar-refractivity contribution in [2.24, 2.45) is 17.8 Å². The Bertz CT molecular complexity index is 238. The smallest absolute Gasteiger partial charge is 0.0554 e. The zero-order chi connectivity index (χ0) is 10.1. The van der Waals surface area contributed by atoms with Crippen LogP contribution in [0.15, 0.2) is 11.1 Å². The van der Waals surface area contributed by atoms with Crippen LogP contribution >= 0.6 is 0 Å². The number of rotatable bonds is 2. The molecule has 14 heavy (non-hydrogen) atoms. The first-order chi connectivity index (χ1) is 6.72. The van der Waals surface area contributed by atoms with Gasteiger partial charge in [0.2, 0.25) is 0 Å². The Hall–Kier alpha value is -0.300. The SMILES string of the molecule is CCC1=C(C2COC2)C(C)CC(C)C1. The third kappa shape index (κ3) is 1.75. The molecule has 0 bridgehead atoms. The van der Waals surface area contributed by atoms with Crippen LogP contribution in [0.5, 0.6) is 0 Å². The summed E-state index contributed by atoms with van der Waals surface area (Å²) >= 11 is 0. The zero-order valence-electron chi connectivity index (χ0n) is 9.68. The lowest BCUT2D eigenvalue weighted by molar-refractivity contribution is -0.0195. The maximum Gasteiger partial charge on any atom is 0.0554 e. The standard InChI is InChI=1S/C13H22O/c1-4-11-6-9(2)5-10(3)13(11)12-7-14-8-12/h9-10,12H,4-8H2,1-3H3. The van der Waals surface area contributed by atoms with E-state index in [2.05, 4.69) is 20.8 Å². The summed E-state index contributed by atoms with van der Waals surface area (Å²) in [5, 5.41) is 0. The average Bonchev–Trinajstić information content (AvgIpc) is 2.05. The summed E-state index contributed by atoms with van der Waals surface area (Å²) in [7, 11) is 0. The average molecular weight is 194 g/mol. The third-order valence-corrected chi connectivity index (χ3v) is 3.79. The molecular weight excluding hydrogens is 172 g/mol. The van der Waals surface area contributed by atoms with Crippen LogP contribution in [-0.4, -0.2) is 13.2 Å². The van der Waals surface area contributed by atoms with Crippen LogP contribution in [0.25, 0.3) is 0 Å². The van der Waals surface area contributed by atoms with E-state index in [0.29, 0.717) is 0 Å². The van der Waals surface area contributed by atoms with Gasteiger partial charge in [-0.1, -0.05) is 31.9 Å². The van der Waals surface area contributed by atoms with Gasteiger partial charge in [0, 0.05) is 5.92 Å². The Morgan fingerprint density at radius 1 is 1.29 bits per heavy atom. The fraction of sp³-hybridized carbons (Fsp3) is 0.846. The molecule has 0 saturated carbocycles. The summed E-state index contributed by atoms with van der Waals surface area (Å²) in [5.41, 5.74) is 3.50. The van der Waals surface area contributed by atoms with Crippen LogP contribution in [0.1, 0.15) is 40.0 Å². The minimum atomic E-state index is 0.771. The molecular formula is C13H22O. The van der Waals surface area contributed by atoms with E-state index in [4.69, 9.17) is 4.74 Å². The summed E-state index contributed by atoms with van der Waals surface area (Å²) in [5.74, 6) is 2.47. The van der Waals surface area contributed by atoms with Crippen LogP contribution in [0.4, 0.5) is 0 Å². The predicted molar refractivity (Wildman–Crippen MR) is 59.2 cm³/mol. The number of hydrogen-bond donors (Lipinski definition) is 0. The molecule has 2 rings (SSSR count). The van der Waals surface area contributed by atoms with Gasteiger partial charge < -0.3 is 4.74 Å². The Morgan fingerprint density at radius 3 is 2.50 bits per heavy atom. The quantitative estimate of drug-likeness (QED) is 0.612. The molecule has 0 aromatic rings. The number of hydrogen-bond acceptors (Lipinski definition) is 1. The first-order valence-electron chi connectivity index (χ1n) is 6.01. The Kier molecular flexibility index (Phi) is 2.96. The second kappa shape index (κ2) is 4.06. The molecule has 1 fully saturated rings. The third-order valence-electron chi connectivity index (χ3n) is 3.79. The molecule has 1 heterocycles. The maximum atomic E-state index is 5.32. The molecule has 1 heteroatoms. The Morgan fingerprint density at radius 2 is 2.00 bits per heavy atom. The summed E-state index contributed by atoms with van der Waals surface area (Å²) in [6.45, 7) is 9.06. The van der Waals surface area contributed by atoms with Crippen molar-refractivity contribution in [2.45, 2.75) is 40.0 Å². The van der Waals surface area contributed by atoms with Gasteiger partial charge in [-0.05, 0) is 31.1 Å². The van der Waals surface area contributed by atoms with Crippen molar-refractivity contribution in [1.29, 1.82) is 0 Å². The van der Waals surface area contributed by atoms with Gasteiger partial charge in [-0.2, -0.15) is 0 Å². The lowest BCUT2D eigenvalue weighted by atomic mass is 9.72. The lowest BCUT2D eigenvalue weighted by Crippen LogP contribution is -2.34. The zero-order valence-corrected chi connectivity index (χ0v) is 9.68. The molecule has 0 amide bonds. The van der Waals surface area contributed by atoms with Gasteiger partial charge in [0.25, 0.3) is 0 Å². The number of allylic oxidation sites excluding steroid dienone is 1. The number of ether oxygens (including phenoxy) is 1. The molecule has 2 unspecified atom stereocenters. The van der Waals surface area contributed by atoms with Crippen molar-refractivity contribution in [1.82, 2.24) is 0 Å². The fourth-order valence-electron chi connectivity index (χ4n) is 3.16. The maximum absolute atomic E-state index is 5.32. The first kappa shape index (κ1) is 10.2. The minimum absolute atomic E-state index is 0.771. The highest BCUT2D eigenvalue weighted by Crippen LogP contribution is 2.40. The van der Waals surface area contributed by atoms with Crippen molar-refractivity contribution in [3.8, 4) is 0 Å². The van der Waals surface area contributed by atoms with Gasteiger partial charge in [0.15, 0.2) is 0 Å². The van der Waals surface area contributed by atoms with Crippen molar-refractivity contribution in [3.63, 3.8) is 0 Å². The lowest BCUT2D eigenvalue weighted by Gasteiger charge is -2.38. The second-order valence-corrected chi connectivity index (χ2v) is 5.09. The van der Waals surface area contributed by atoms with Gasteiger partial charge in [0.1, 0.15) is 0 Å². The summed E-state index contributed by atoms with van der Waals surface area (Å²) in [6.07, 6.45) is 3.97. The molecule has 2 atom stereocenters. The van der Waals surface area contributed by atoms with Gasteiger partial charge in [-0.15, -0.1) is 0 Å². The first-order valence-corrected chi connectivity index (χ1v) is 6.01. The molecule has 80 valence electrons. The van der Waals surface area contributed by atoms with Crippen molar-refractivity contribution in [2.75, 3.05) is 13.2 Å². The Labute approximate surface area is 87.5 Å². The summed E-state index contributed by atoms with van der Waals surface area (Å²) in [6, 6.07) is 0. The second-order valence-electron chi connectivity index (χ2n) is 5.09. The molecule has 1 saturated heterocycles. The van der Waals surface area contributed by atoms with Crippen LogP contribution in [0.2, 0.25) is 0 Å². The van der Waals surface area contributed by atoms with Crippen LogP contribution < -0.4 is 0 Å². The monoisotopic (exact) mass is 194 g/mol. The fourth-order valence-corrected chi connectivity index (χ4v) is 3.16. The van der Waals surface area contributed by atoms with Crippen molar-refractivity contribution in [3.05, 3.63) is 11.1 Å². The van der Waals surface area contributed by atoms with Crippen molar-refractivity contribution < 1.29 is 4.74 Å². The highest BCUT2D eigenvalue weighted by Gasteiger charge is 2.32. The molecule has 0 aromatic carbocycles.